The Hall–Kier alpha value is -3.28. The van der Waals surface area contributed by atoms with Gasteiger partial charge in [-0.2, -0.15) is 0 Å². The van der Waals surface area contributed by atoms with Crippen molar-refractivity contribution in [1.29, 1.82) is 0 Å². The van der Waals surface area contributed by atoms with E-state index in [2.05, 4.69) is 0 Å². The summed E-state index contributed by atoms with van der Waals surface area (Å²) in [7, 11) is 4.67. The third-order valence-electron chi connectivity index (χ3n) is 4.33. The zero-order chi connectivity index (χ0) is 20.1. The second-order valence-corrected chi connectivity index (χ2v) is 6.12. The zero-order valence-electron chi connectivity index (χ0n) is 16.4. The van der Waals surface area contributed by atoms with Crippen LogP contribution in [0.5, 0.6) is 17.2 Å². The summed E-state index contributed by atoms with van der Waals surface area (Å²) >= 11 is 0. The van der Waals surface area contributed by atoms with E-state index in [1.165, 1.54) is 0 Å². The molecule has 0 amide bonds. The Morgan fingerprint density at radius 2 is 1.64 bits per heavy atom. The van der Waals surface area contributed by atoms with Crippen molar-refractivity contribution in [3.63, 3.8) is 0 Å². The number of nitrogens with zero attached hydrogens (tertiary/aromatic N) is 1. The smallest absolute Gasteiger partial charge is 0.338 e. The van der Waals surface area contributed by atoms with Gasteiger partial charge >= 0.3 is 5.97 Å². The highest BCUT2D eigenvalue weighted by Gasteiger charge is 2.18. The Morgan fingerprint density at radius 3 is 2.25 bits per heavy atom. The molecule has 3 aromatic rings. The van der Waals surface area contributed by atoms with Crippen molar-refractivity contribution in [2.45, 2.75) is 13.3 Å². The molecule has 0 saturated heterocycles. The lowest BCUT2D eigenvalue weighted by Crippen LogP contribution is -2.07. The van der Waals surface area contributed by atoms with Crippen molar-refractivity contribution in [2.24, 2.45) is 0 Å². The Bertz CT molecular complexity index is 974. The number of benzene rings is 2. The number of rotatable bonds is 7. The number of carbonyl (C=O) groups excluding carboxylic acids is 1. The highest BCUT2D eigenvalue weighted by atomic mass is 16.5. The summed E-state index contributed by atoms with van der Waals surface area (Å²) in [6.07, 6.45) is 0.758. The van der Waals surface area contributed by atoms with Crippen LogP contribution in [0.2, 0.25) is 0 Å². The minimum absolute atomic E-state index is 0.367. The molecule has 0 atom stereocenters. The van der Waals surface area contributed by atoms with Gasteiger partial charge in [-0.15, -0.1) is 0 Å². The first kappa shape index (κ1) is 19.5. The first-order chi connectivity index (χ1) is 13.6. The number of methoxy groups -OCH3 is 3. The van der Waals surface area contributed by atoms with Gasteiger partial charge in [-0.05, 0) is 30.7 Å². The van der Waals surface area contributed by atoms with E-state index in [1.807, 2.05) is 31.2 Å². The van der Waals surface area contributed by atoms with Gasteiger partial charge in [-0.1, -0.05) is 25.1 Å². The van der Waals surface area contributed by atoms with Crippen molar-refractivity contribution in [3.05, 3.63) is 48.0 Å². The molecule has 6 heteroatoms. The lowest BCUT2D eigenvalue weighted by molar-refractivity contribution is 0.0507. The molecule has 0 radical (unpaired) electrons. The van der Waals surface area contributed by atoms with Crippen molar-refractivity contribution in [3.8, 4) is 28.5 Å². The number of carbonyl (C=O) groups is 1. The zero-order valence-corrected chi connectivity index (χ0v) is 16.4. The molecule has 1 heterocycles. The molecule has 0 spiro atoms. The van der Waals surface area contributed by atoms with Crippen LogP contribution in [0.1, 0.15) is 23.7 Å². The van der Waals surface area contributed by atoms with Crippen LogP contribution in [0.15, 0.2) is 42.5 Å². The third-order valence-corrected chi connectivity index (χ3v) is 4.33. The molecule has 3 rings (SSSR count). The van der Waals surface area contributed by atoms with Crippen molar-refractivity contribution in [1.82, 2.24) is 4.98 Å². The van der Waals surface area contributed by atoms with Gasteiger partial charge in [0.15, 0.2) is 11.5 Å². The monoisotopic (exact) mass is 381 g/mol. The number of esters is 1. The molecule has 0 aliphatic heterocycles. The molecule has 0 unspecified atom stereocenters. The fraction of sp³-hybridized carbons (Fsp3) is 0.273. The summed E-state index contributed by atoms with van der Waals surface area (Å²) in [4.78, 5) is 17.3. The Balaban J connectivity index is 2.20. The fourth-order valence-corrected chi connectivity index (χ4v) is 2.99. The topological polar surface area (TPSA) is 66.9 Å². The fourth-order valence-electron chi connectivity index (χ4n) is 2.99. The summed E-state index contributed by atoms with van der Waals surface area (Å²) in [6, 6.07) is 12.8. The highest BCUT2D eigenvalue weighted by molar-refractivity contribution is 6.04. The Kier molecular flexibility index (Phi) is 5.99. The first-order valence-corrected chi connectivity index (χ1v) is 9.00. The molecule has 0 aliphatic rings. The molecule has 2 aromatic carbocycles. The van der Waals surface area contributed by atoms with E-state index in [4.69, 9.17) is 23.9 Å². The number of fused-ring (bicyclic) bond motifs is 1. The molecule has 1 aromatic heterocycles. The van der Waals surface area contributed by atoms with E-state index in [0.29, 0.717) is 40.6 Å². The maximum atomic E-state index is 12.6. The molecule has 0 N–H and O–H groups in total. The van der Waals surface area contributed by atoms with Crippen LogP contribution < -0.4 is 14.2 Å². The molecular weight excluding hydrogens is 358 g/mol. The van der Waals surface area contributed by atoms with E-state index >= 15 is 0 Å². The maximum absolute atomic E-state index is 12.6. The van der Waals surface area contributed by atoms with Crippen LogP contribution in [0.25, 0.3) is 22.2 Å². The standard InChI is InChI=1S/C22H23NO5/c1-5-10-28-22(24)16-13-18(23-17-9-7-6-8-15(16)17)14-11-19(25-2)21(27-4)20(12-14)26-3/h6-9,11-13H,5,10H2,1-4H3. The van der Waals surface area contributed by atoms with Gasteiger partial charge in [0.2, 0.25) is 5.75 Å². The van der Waals surface area contributed by atoms with Gasteiger partial charge in [0.1, 0.15) is 0 Å². The number of ether oxygens (including phenoxy) is 4. The molecule has 6 nitrogen and oxygen atoms in total. The molecular formula is C22H23NO5. The van der Waals surface area contributed by atoms with E-state index in [9.17, 15) is 4.79 Å². The van der Waals surface area contributed by atoms with Crippen LogP contribution in [-0.4, -0.2) is 38.9 Å². The van der Waals surface area contributed by atoms with E-state index < -0.39 is 0 Å². The number of pyridine rings is 1. The summed E-state index contributed by atoms with van der Waals surface area (Å²) < 4.78 is 21.6. The van der Waals surface area contributed by atoms with Gasteiger partial charge in [0, 0.05) is 10.9 Å². The summed E-state index contributed by atoms with van der Waals surface area (Å²) in [6.45, 7) is 2.33. The predicted octanol–water partition coefficient (Wildman–Crippen LogP) is 4.49. The second-order valence-electron chi connectivity index (χ2n) is 6.12. The SMILES string of the molecule is CCCOC(=O)c1cc(-c2cc(OC)c(OC)c(OC)c2)nc2ccccc12. The molecule has 28 heavy (non-hydrogen) atoms. The van der Waals surface area contributed by atoms with E-state index in [1.54, 1.807) is 39.5 Å². The summed E-state index contributed by atoms with van der Waals surface area (Å²) in [5.41, 5.74) is 2.53. The normalized spacial score (nSPS) is 10.6. The number of hydrogen-bond donors (Lipinski definition) is 0. The quantitative estimate of drug-likeness (QED) is 0.562. The minimum Gasteiger partial charge on any atom is -0.493 e. The Morgan fingerprint density at radius 1 is 0.964 bits per heavy atom. The van der Waals surface area contributed by atoms with E-state index in [0.717, 1.165) is 17.4 Å². The van der Waals surface area contributed by atoms with E-state index in [-0.39, 0.29) is 5.97 Å². The lowest BCUT2D eigenvalue weighted by Gasteiger charge is -2.15. The maximum Gasteiger partial charge on any atom is 0.338 e. The molecule has 0 saturated carbocycles. The largest absolute Gasteiger partial charge is 0.493 e. The minimum atomic E-state index is -0.367. The third kappa shape index (κ3) is 3.71. The van der Waals surface area contributed by atoms with Gasteiger partial charge in [-0.3, -0.25) is 0 Å². The number of aromatic nitrogens is 1. The predicted molar refractivity (Wildman–Crippen MR) is 107 cm³/mol. The summed E-state index contributed by atoms with van der Waals surface area (Å²) in [5, 5.41) is 0.750. The first-order valence-electron chi connectivity index (χ1n) is 9.00. The van der Waals surface area contributed by atoms with Crippen LogP contribution in [0.4, 0.5) is 0 Å². The summed E-state index contributed by atoms with van der Waals surface area (Å²) in [5.74, 6) is 1.16. The average molecular weight is 381 g/mol. The average Bonchev–Trinajstić information content (AvgIpc) is 2.75. The number of hydrogen-bond acceptors (Lipinski definition) is 6. The van der Waals surface area contributed by atoms with Crippen molar-refractivity contribution >= 4 is 16.9 Å². The highest BCUT2D eigenvalue weighted by Crippen LogP contribution is 2.41. The van der Waals surface area contributed by atoms with Crippen molar-refractivity contribution in [2.75, 3.05) is 27.9 Å². The van der Waals surface area contributed by atoms with Gasteiger partial charge in [-0.25, -0.2) is 9.78 Å². The molecule has 0 fully saturated rings. The van der Waals surface area contributed by atoms with Crippen LogP contribution in [0, 0.1) is 0 Å². The van der Waals surface area contributed by atoms with Crippen LogP contribution >= 0.6 is 0 Å². The molecule has 146 valence electrons. The van der Waals surface area contributed by atoms with Crippen LogP contribution in [0.3, 0.4) is 0 Å². The lowest BCUT2D eigenvalue weighted by atomic mass is 10.0. The Labute approximate surface area is 164 Å². The van der Waals surface area contributed by atoms with Crippen LogP contribution in [-0.2, 0) is 4.74 Å². The molecule has 0 aliphatic carbocycles. The van der Waals surface area contributed by atoms with Crippen molar-refractivity contribution < 1.29 is 23.7 Å². The van der Waals surface area contributed by atoms with Gasteiger partial charge in [0.05, 0.1) is 44.7 Å². The second kappa shape index (κ2) is 8.61. The molecule has 0 bridgehead atoms. The van der Waals surface area contributed by atoms with Gasteiger partial charge in [0.25, 0.3) is 0 Å². The number of para-hydroxylation sites is 1. The van der Waals surface area contributed by atoms with Gasteiger partial charge < -0.3 is 18.9 Å².